The zero-order valence-corrected chi connectivity index (χ0v) is 9.57. The number of para-hydroxylation sites is 2. The molecule has 0 saturated carbocycles. The highest BCUT2D eigenvalue weighted by molar-refractivity contribution is 6.39. The Morgan fingerprint density at radius 1 is 1.12 bits per heavy atom. The van der Waals surface area contributed by atoms with Crippen LogP contribution in [-0.2, 0) is 9.59 Å². The van der Waals surface area contributed by atoms with Gasteiger partial charge >= 0.3 is 11.8 Å². The molecule has 5 heteroatoms. The van der Waals surface area contributed by atoms with Gasteiger partial charge in [0.15, 0.2) is 0 Å². The minimum atomic E-state index is -0.670. The van der Waals surface area contributed by atoms with E-state index in [0.717, 1.165) is 5.69 Å². The lowest BCUT2D eigenvalue weighted by atomic mass is 10.2. The van der Waals surface area contributed by atoms with Gasteiger partial charge in [-0.15, -0.1) is 0 Å². The van der Waals surface area contributed by atoms with Gasteiger partial charge in [0.2, 0.25) is 0 Å². The van der Waals surface area contributed by atoms with E-state index in [1.54, 1.807) is 12.1 Å². The van der Waals surface area contributed by atoms with Crippen molar-refractivity contribution < 1.29 is 9.59 Å². The van der Waals surface area contributed by atoms with E-state index in [-0.39, 0.29) is 0 Å². The Hall–Kier alpha value is -2.04. The zero-order valence-electron chi connectivity index (χ0n) is 9.57. The van der Waals surface area contributed by atoms with Gasteiger partial charge in [0.25, 0.3) is 0 Å². The van der Waals surface area contributed by atoms with Crippen LogP contribution in [0.25, 0.3) is 0 Å². The van der Waals surface area contributed by atoms with Crippen molar-refractivity contribution in [2.75, 3.05) is 31.4 Å². The Kier molecular flexibility index (Phi) is 3.88. The summed E-state index contributed by atoms with van der Waals surface area (Å²) in [6.45, 7) is 0. The Morgan fingerprint density at radius 2 is 1.75 bits per heavy atom. The topological polar surface area (TPSA) is 61.4 Å². The van der Waals surface area contributed by atoms with Crippen LogP contribution in [0, 0.1) is 0 Å². The maximum Gasteiger partial charge on any atom is 0.313 e. The number of anilines is 2. The molecule has 0 atom stereocenters. The van der Waals surface area contributed by atoms with Crippen molar-refractivity contribution in [3.05, 3.63) is 24.3 Å². The van der Waals surface area contributed by atoms with Crippen molar-refractivity contribution in [3.63, 3.8) is 0 Å². The fraction of sp³-hybridized carbons (Fsp3) is 0.273. The predicted molar refractivity (Wildman–Crippen MR) is 63.5 cm³/mol. The highest BCUT2D eigenvalue weighted by Gasteiger charge is 2.13. The van der Waals surface area contributed by atoms with Crippen LogP contribution in [0.15, 0.2) is 24.3 Å². The smallest absolute Gasteiger partial charge is 0.313 e. The summed E-state index contributed by atoms with van der Waals surface area (Å²) >= 11 is 0. The summed E-state index contributed by atoms with van der Waals surface area (Å²) in [5, 5.41) is 4.82. The number of nitrogens with zero attached hydrogens (tertiary/aromatic N) is 1. The van der Waals surface area contributed by atoms with Gasteiger partial charge in [0.05, 0.1) is 11.4 Å². The molecule has 5 nitrogen and oxygen atoms in total. The largest absolute Gasteiger partial charge is 0.376 e. The van der Waals surface area contributed by atoms with Crippen LogP contribution in [0.3, 0.4) is 0 Å². The number of amides is 2. The van der Waals surface area contributed by atoms with E-state index >= 15 is 0 Å². The van der Waals surface area contributed by atoms with E-state index in [0.29, 0.717) is 5.69 Å². The van der Waals surface area contributed by atoms with Gasteiger partial charge in [-0.2, -0.15) is 0 Å². The lowest BCUT2D eigenvalue weighted by Crippen LogP contribution is -2.33. The first-order valence-electron chi connectivity index (χ1n) is 4.85. The van der Waals surface area contributed by atoms with E-state index in [9.17, 15) is 9.59 Å². The lowest BCUT2D eigenvalue weighted by Gasteiger charge is -2.17. The van der Waals surface area contributed by atoms with Gasteiger partial charge in [-0.05, 0) is 12.1 Å². The monoisotopic (exact) mass is 221 g/mol. The third-order valence-electron chi connectivity index (χ3n) is 2.07. The van der Waals surface area contributed by atoms with Crippen LogP contribution in [0.5, 0.6) is 0 Å². The first-order chi connectivity index (χ1) is 7.56. The molecule has 0 aliphatic rings. The Morgan fingerprint density at radius 3 is 2.31 bits per heavy atom. The number of carbonyl (C=O) groups excluding carboxylic acids is 2. The van der Waals surface area contributed by atoms with Crippen LogP contribution in [0.2, 0.25) is 0 Å². The number of carbonyl (C=O) groups is 2. The van der Waals surface area contributed by atoms with E-state index in [1.165, 1.54) is 7.05 Å². The van der Waals surface area contributed by atoms with Crippen LogP contribution >= 0.6 is 0 Å². The van der Waals surface area contributed by atoms with Gasteiger partial charge in [-0.25, -0.2) is 0 Å². The quantitative estimate of drug-likeness (QED) is 0.712. The molecule has 2 N–H and O–H groups in total. The fourth-order valence-electron chi connectivity index (χ4n) is 1.26. The van der Waals surface area contributed by atoms with Crippen LogP contribution in [0.4, 0.5) is 11.4 Å². The SMILES string of the molecule is CNC(=O)C(=O)Nc1ccccc1N(C)C. The number of nitrogens with one attached hydrogen (secondary N) is 2. The molecule has 2 amide bonds. The average Bonchev–Trinajstić information content (AvgIpc) is 2.28. The third-order valence-corrected chi connectivity index (χ3v) is 2.07. The summed E-state index contributed by atoms with van der Waals surface area (Å²) in [6.07, 6.45) is 0. The van der Waals surface area contributed by atoms with Gasteiger partial charge in [0.1, 0.15) is 0 Å². The third kappa shape index (κ3) is 2.73. The second kappa shape index (κ2) is 5.16. The summed E-state index contributed by atoms with van der Waals surface area (Å²) < 4.78 is 0. The van der Waals surface area contributed by atoms with Crippen molar-refractivity contribution in [1.82, 2.24) is 5.32 Å². The highest BCUT2D eigenvalue weighted by atomic mass is 16.2. The van der Waals surface area contributed by atoms with E-state index in [2.05, 4.69) is 10.6 Å². The number of hydrogen-bond acceptors (Lipinski definition) is 3. The maximum atomic E-state index is 11.4. The second-order valence-corrected chi connectivity index (χ2v) is 3.44. The molecule has 16 heavy (non-hydrogen) atoms. The molecule has 0 radical (unpaired) electrons. The molecular formula is C11H15N3O2. The van der Waals surface area contributed by atoms with Crippen LogP contribution in [-0.4, -0.2) is 33.0 Å². The summed E-state index contributed by atoms with van der Waals surface area (Å²) in [5.74, 6) is -1.33. The molecule has 1 aromatic rings. The number of rotatable bonds is 2. The van der Waals surface area contributed by atoms with Gasteiger partial charge in [-0.3, -0.25) is 9.59 Å². The second-order valence-electron chi connectivity index (χ2n) is 3.44. The van der Waals surface area contributed by atoms with Crippen molar-refractivity contribution in [1.29, 1.82) is 0 Å². The minimum Gasteiger partial charge on any atom is -0.376 e. The molecule has 0 heterocycles. The lowest BCUT2D eigenvalue weighted by molar-refractivity contribution is -0.135. The molecule has 1 aromatic carbocycles. The van der Waals surface area contributed by atoms with E-state index in [1.807, 2.05) is 31.1 Å². The van der Waals surface area contributed by atoms with Crippen molar-refractivity contribution in [3.8, 4) is 0 Å². The first-order valence-corrected chi connectivity index (χ1v) is 4.85. The van der Waals surface area contributed by atoms with Gasteiger partial charge < -0.3 is 15.5 Å². The molecule has 0 bridgehead atoms. The fourth-order valence-corrected chi connectivity index (χ4v) is 1.26. The summed E-state index contributed by atoms with van der Waals surface area (Å²) in [7, 11) is 5.15. The molecule has 0 aliphatic carbocycles. The van der Waals surface area contributed by atoms with Crippen LogP contribution < -0.4 is 15.5 Å². The minimum absolute atomic E-state index is 0.612. The Balaban J connectivity index is 2.89. The van der Waals surface area contributed by atoms with Gasteiger partial charge in [0, 0.05) is 21.1 Å². The summed E-state index contributed by atoms with van der Waals surface area (Å²) in [5.41, 5.74) is 1.46. The van der Waals surface area contributed by atoms with Gasteiger partial charge in [-0.1, -0.05) is 12.1 Å². The standard InChI is InChI=1S/C11H15N3O2/c1-12-10(15)11(16)13-8-6-4-5-7-9(8)14(2)3/h4-7H,1-3H3,(H,12,15)(H,13,16). The van der Waals surface area contributed by atoms with Crippen molar-refractivity contribution >= 4 is 23.2 Å². The average molecular weight is 221 g/mol. The highest BCUT2D eigenvalue weighted by Crippen LogP contribution is 2.23. The Labute approximate surface area is 94.4 Å². The van der Waals surface area contributed by atoms with E-state index in [4.69, 9.17) is 0 Å². The molecular weight excluding hydrogens is 206 g/mol. The molecule has 0 fully saturated rings. The molecule has 1 rings (SSSR count). The zero-order chi connectivity index (χ0) is 12.1. The molecule has 0 spiro atoms. The molecule has 0 unspecified atom stereocenters. The maximum absolute atomic E-state index is 11.4. The Bertz CT molecular complexity index is 402. The molecule has 0 aliphatic heterocycles. The summed E-state index contributed by atoms with van der Waals surface area (Å²) in [6, 6.07) is 7.27. The first kappa shape index (κ1) is 12.0. The number of benzene rings is 1. The predicted octanol–water partition coefficient (Wildman–Crippen LogP) is 0.437. The molecule has 0 saturated heterocycles. The summed E-state index contributed by atoms with van der Waals surface area (Å²) in [4.78, 5) is 24.3. The number of hydrogen-bond donors (Lipinski definition) is 2. The van der Waals surface area contributed by atoms with Crippen molar-refractivity contribution in [2.24, 2.45) is 0 Å². The molecule has 86 valence electrons. The molecule has 0 aromatic heterocycles. The van der Waals surface area contributed by atoms with Crippen LogP contribution in [0.1, 0.15) is 0 Å². The normalized spacial score (nSPS) is 9.44. The van der Waals surface area contributed by atoms with E-state index < -0.39 is 11.8 Å². The van der Waals surface area contributed by atoms with Crippen molar-refractivity contribution in [2.45, 2.75) is 0 Å². The number of likely N-dealkylation sites (N-methyl/N-ethyl adjacent to an activating group) is 1.